The predicted octanol–water partition coefficient (Wildman–Crippen LogP) is 17.0. The molecule has 0 bridgehead atoms. The van der Waals surface area contributed by atoms with E-state index in [1.165, 1.54) is 33.0 Å². The van der Waals surface area contributed by atoms with E-state index in [0.29, 0.717) is 17.5 Å². The van der Waals surface area contributed by atoms with Crippen LogP contribution in [0, 0.1) is 0 Å². The van der Waals surface area contributed by atoms with Crippen molar-refractivity contribution < 1.29 is 0 Å². The van der Waals surface area contributed by atoms with Crippen molar-refractivity contribution in [2.45, 2.75) is 19.3 Å². The Labute approximate surface area is 421 Å². The van der Waals surface area contributed by atoms with Gasteiger partial charge in [-0.15, -0.1) is 0 Å². The van der Waals surface area contributed by atoms with E-state index in [4.69, 9.17) is 15.0 Å². The van der Waals surface area contributed by atoms with Crippen LogP contribution in [0.1, 0.15) is 36.1 Å². The van der Waals surface area contributed by atoms with E-state index < -0.39 is 0 Å². The van der Waals surface area contributed by atoms with Crippen LogP contribution in [0.4, 0.5) is 11.4 Å². The molecule has 12 rings (SSSR count). The molecule has 1 aliphatic rings. The average Bonchev–Trinajstić information content (AvgIpc) is 3.89. The standard InChI is InChI=1S/C67H51N5/c1-6-45(39-44(2)54-29-14-17-33-61(54)71(5)52-26-11-8-12-27-52)48-24-20-28-53(41-48)72-62-34-18-15-31-57(62)58-38-35-49(43-63(58)72)47-23-19-25-50(40-47)65-68-64(46-21-9-7-10-22-46)69-66(70-65)51-36-37-56-55-30-13-16-32-59(55)67(3,4)60(56)42-51/h6-43H,1-2H2,3-5H3/b45-39+. The van der Waals surface area contributed by atoms with Crippen LogP contribution >= 0.6 is 0 Å². The van der Waals surface area contributed by atoms with Gasteiger partial charge in [0.1, 0.15) is 0 Å². The molecule has 11 aromatic rings. The molecule has 1 aliphatic carbocycles. The minimum absolute atomic E-state index is 0.154. The van der Waals surface area contributed by atoms with Gasteiger partial charge in [-0.1, -0.05) is 197 Å². The van der Waals surface area contributed by atoms with E-state index in [9.17, 15) is 0 Å². The number of anilines is 2. The van der Waals surface area contributed by atoms with Gasteiger partial charge in [0.05, 0.1) is 11.0 Å². The summed E-state index contributed by atoms with van der Waals surface area (Å²) in [5.74, 6) is 1.90. The zero-order valence-corrected chi connectivity index (χ0v) is 40.6. The third-order valence-corrected chi connectivity index (χ3v) is 14.4. The summed E-state index contributed by atoms with van der Waals surface area (Å²) in [7, 11) is 2.10. The first-order chi connectivity index (χ1) is 35.2. The van der Waals surface area contributed by atoms with Gasteiger partial charge in [-0.3, -0.25) is 0 Å². The molecule has 5 heteroatoms. The van der Waals surface area contributed by atoms with Crippen molar-refractivity contribution in [1.82, 2.24) is 19.5 Å². The third-order valence-electron chi connectivity index (χ3n) is 14.4. The number of allylic oxidation sites excluding steroid dienone is 4. The number of hydrogen-bond donors (Lipinski definition) is 0. The second-order valence-electron chi connectivity index (χ2n) is 19.1. The normalized spacial score (nSPS) is 12.7. The fraction of sp³-hybridized carbons (Fsp3) is 0.0597. The highest BCUT2D eigenvalue weighted by molar-refractivity contribution is 6.10. The summed E-state index contributed by atoms with van der Waals surface area (Å²) < 4.78 is 2.38. The summed E-state index contributed by atoms with van der Waals surface area (Å²) in [6.45, 7) is 13.5. The lowest BCUT2D eigenvalue weighted by molar-refractivity contribution is 0.660. The maximum absolute atomic E-state index is 5.23. The Morgan fingerprint density at radius 2 is 1.10 bits per heavy atom. The van der Waals surface area contributed by atoms with Gasteiger partial charge in [-0.05, 0) is 111 Å². The van der Waals surface area contributed by atoms with E-state index in [1.54, 1.807) is 0 Å². The molecule has 0 spiro atoms. The summed E-state index contributed by atoms with van der Waals surface area (Å²) in [5, 5.41) is 2.37. The average molecular weight is 926 g/mol. The van der Waals surface area contributed by atoms with Gasteiger partial charge < -0.3 is 9.47 Å². The number of rotatable bonds is 11. The maximum atomic E-state index is 5.23. The summed E-state index contributed by atoms with van der Waals surface area (Å²) in [6.07, 6.45) is 4.07. The van der Waals surface area contributed by atoms with Gasteiger partial charge in [0.15, 0.2) is 17.5 Å². The number of aromatic nitrogens is 4. The molecular formula is C67H51N5. The molecular weight excluding hydrogens is 875 g/mol. The largest absolute Gasteiger partial charge is 0.344 e. The van der Waals surface area contributed by atoms with Crippen molar-refractivity contribution >= 4 is 44.3 Å². The summed E-state index contributed by atoms with van der Waals surface area (Å²) in [5.41, 5.74) is 19.5. The Morgan fingerprint density at radius 1 is 0.500 bits per heavy atom. The minimum Gasteiger partial charge on any atom is -0.344 e. The molecule has 5 nitrogen and oxygen atoms in total. The maximum Gasteiger partial charge on any atom is 0.164 e. The van der Waals surface area contributed by atoms with Gasteiger partial charge in [0.2, 0.25) is 0 Å². The highest BCUT2D eigenvalue weighted by Gasteiger charge is 2.35. The van der Waals surface area contributed by atoms with Crippen LogP contribution < -0.4 is 4.90 Å². The molecule has 0 radical (unpaired) electrons. The van der Waals surface area contributed by atoms with Crippen molar-refractivity contribution in [1.29, 1.82) is 0 Å². The first kappa shape index (κ1) is 44.0. The zero-order valence-electron chi connectivity index (χ0n) is 40.6. The molecule has 0 saturated heterocycles. The topological polar surface area (TPSA) is 46.8 Å². The lowest BCUT2D eigenvalue weighted by atomic mass is 9.82. The van der Waals surface area contributed by atoms with E-state index >= 15 is 0 Å². The first-order valence-corrected chi connectivity index (χ1v) is 24.5. The molecule has 0 unspecified atom stereocenters. The Hall–Kier alpha value is -9.19. The molecule has 0 saturated carbocycles. The number of fused-ring (bicyclic) bond motifs is 6. The van der Waals surface area contributed by atoms with Crippen molar-refractivity contribution in [2.24, 2.45) is 0 Å². The summed E-state index contributed by atoms with van der Waals surface area (Å²) in [6, 6.07) is 77.1. The Bertz CT molecular complexity index is 3950. The van der Waals surface area contributed by atoms with Gasteiger partial charge in [-0.25, -0.2) is 15.0 Å². The zero-order chi connectivity index (χ0) is 48.9. The first-order valence-electron chi connectivity index (χ1n) is 24.5. The lowest BCUT2D eigenvalue weighted by Crippen LogP contribution is -2.15. The fourth-order valence-electron chi connectivity index (χ4n) is 10.6. The quantitative estimate of drug-likeness (QED) is 0.121. The van der Waals surface area contributed by atoms with Crippen molar-refractivity contribution in [3.05, 3.63) is 266 Å². The van der Waals surface area contributed by atoms with Crippen LogP contribution in [0.3, 0.4) is 0 Å². The molecule has 344 valence electrons. The number of para-hydroxylation sites is 3. The fourth-order valence-corrected chi connectivity index (χ4v) is 10.6. The van der Waals surface area contributed by atoms with E-state index in [2.05, 4.69) is 244 Å². The molecule has 0 atom stereocenters. The molecule has 0 fully saturated rings. The lowest BCUT2D eigenvalue weighted by Gasteiger charge is -2.23. The Morgan fingerprint density at radius 3 is 1.90 bits per heavy atom. The minimum atomic E-state index is -0.154. The summed E-state index contributed by atoms with van der Waals surface area (Å²) in [4.78, 5) is 17.7. The number of nitrogens with zero attached hydrogens (tertiary/aromatic N) is 5. The molecule has 0 N–H and O–H groups in total. The second-order valence-corrected chi connectivity index (χ2v) is 19.1. The van der Waals surface area contributed by atoms with Gasteiger partial charge in [0.25, 0.3) is 0 Å². The predicted molar refractivity (Wildman–Crippen MR) is 302 cm³/mol. The number of benzene rings is 9. The van der Waals surface area contributed by atoms with Gasteiger partial charge in [-0.2, -0.15) is 0 Å². The van der Waals surface area contributed by atoms with Crippen molar-refractivity contribution in [3.63, 3.8) is 0 Å². The van der Waals surface area contributed by atoms with E-state index in [1.807, 2.05) is 30.3 Å². The van der Waals surface area contributed by atoms with Crippen LogP contribution in [0.15, 0.2) is 244 Å². The van der Waals surface area contributed by atoms with E-state index in [-0.39, 0.29) is 5.41 Å². The smallest absolute Gasteiger partial charge is 0.164 e. The van der Waals surface area contributed by atoms with Crippen LogP contribution in [0.2, 0.25) is 0 Å². The van der Waals surface area contributed by atoms with Crippen LogP contribution in [0.5, 0.6) is 0 Å². The van der Waals surface area contributed by atoms with Gasteiger partial charge >= 0.3 is 0 Å². The van der Waals surface area contributed by atoms with E-state index in [0.717, 1.165) is 78.2 Å². The highest BCUT2D eigenvalue weighted by atomic mass is 15.1. The molecule has 2 heterocycles. The van der Waals surface area contributed by atoms with Crippen molar-refractivity contribution in [2.75, 3.05) is 11.9 Å². The Kier molecular flexibility index (Phi) is 11.0. The molecule has 9 aromatic carbocycles. The SMILES string of the molecule is C=C/C(=C\C(=C)c1ccccc1N(C)c1ccccc1)c1cccc(-n2c3ccccc3c3ccc(-c4cccc(-c5nc(-c6ccccc6)nc(-c6ccc7c(c6)C(C)(C)c6ccccc6-7)n5)c4)cc32)c1. The highest BCUT2D eigenvalue weighted by Crippen LogP contribution is 2.49. The molecule has 0 amide bonds. The Balaban J connectivity index is 0.924. The number of hydrogen-bond acceptors (Lipinski definition) is 4. The molecule has 2 aromatic heterocycles. The monoisotopic (exact) mass is 925 g/mol. The van der Waals surface area contributed by atoms with Crippen LogP contribution in [0.25, 0.3) is 95.1 Å². The van der Waals surface area contributed by atoms with Crippen LogP contribution in [-0.2, 0) is 5.41 Å². The third kappa shape index (κ3) is 7.72. The van der Waals surface area contributed by atoms with Crippen molar-refractivity contribution in [3.8, 4) is 62.1 Å². The summed E-state index contributed by atoms with van der Waals surface area (Å²) >= 11 is 0. The second kappa shape index (κ2) is 18.0. The van der Waals surface area contributed by atoms with Crippen LogP contribution in [-0.4, -0.2) is 26.6 Å². The molecule has 72 heavy (non-hydrogen) atoms. The van der Waals surface area contributed by atoms with Gasteiger partial charge in [0, 0.05) is 62.6 Å². The molecule has 0 aliphatic heterocycles.